The maximum absolute atomic E-state index is 3.51. The van der Waals surface area contributed by atoms with E-state index in [0.717, 1.165) is 0 Å². The SMILES string of the molecule is BrC(Br)C=C(c1ccccc1)c1ccccc1. The minimum atomic E-state index is 0.172. The third-order valence-corrected chi connectivity index (χ3v) is 2.99. The Morgan fingerprint density at radius 1 is 0.765 bits per heavy atom. The number of rotatable bonds is 3. The lowest BCUT2D eigenvalue weighted by molar-refractivity contribution is 1.52. The molecule has 0 N–H and O–H groups in total. The van der Waals surface area contributed by atoms with Crippen LogP contribution in [-0.4, -0.2) is 3.74 Å². The van der Waals surface area contributed by atoms with E-state index in [1.165, 1.54) is 16.7 Å². The van der Waals surface area contributed by atoms with Crippen LogP contribution >= 0.6 is 31.9 Å². The molecule has 0 spiro atoms. The van der Waals surface area contributed by atoms with Gasteiger partial charge in [0.1, 0.15) is 0 Å². The molecule has 2 rings (SSSR count). The first-order valence-corrected chi connectivity index (χ1v) is 7.21. The summed E-state index contributed by atoms with van der Waals surface area (Å²) in [6, 6.07) is 20.8. The predicted octanol–water partition coefficient (Wildman–Crippen LogP) is 5.23. The van der Waals surface area contributed by atoms with E-state index in [-0.39, 0.29) is 3.74 Å². The molecular weight excluding hydrogens is 340 g/mol. The zero-order valence-corrected chi connectivity index (χ0v) is 12.4. The summed E-state index contributed by atoms with van der Waals surface area (Å²) in [6.07, 6.45) is 2.16. The Hall–Kier alpha value is -0.860. The van der Waals surface area contributed by atoms with Crippen molar-refractivity contribution >= 4 is 37.4 Å². The summed E-state index contributed by atoms with van der Waals surface area (Å²) < 4.78 is 0.172. The Morgan fingerprint density at radius 2 is 1.18 bits per heavy atom. The maximum atomic E-state index is 3.51. The second kappa shape index (κ2) is 6.18. The molecule has 86 valence electrons. The third-order valence-electron chi connectivity index (χ3n) is 2.46. The molecule has 0 saturated heterocycles. The van der Waals surface area contributed by atoms with Crippen molar-refractivity contribution in [3.8, 4) is 0 Å². The van der Waals surface area contributed by atoms with Gasteiger partial charge in [-0.1, -0.05) is 98.6 Å². The lowest BCUT2D eigenvalue weighted by Crippen LogP contribution is -1.90. The Kier molecular flexibility index (Phi) is 4.57. The Balaban J connectivity index is 2.47. The standard InChI is InChI=1S/C15H12Br2/c16-15(17)11-14(12-7-3-1-4-8-12)13-9-5-2-6-10-13/h1-11,15H. The van der Waals surface area contributed by atoms with Crippen LogP contribution in [0.15, 0.2) is 66.7 Å². The van der Waals surface area contributed by atoms with Gasteiger partial charge < -0.3 is 0 Å². The van der Waals surface area contributed by atoms with Gasteiger partial charge in [-0.3, -0.25) is 0 Å². The first kappa shape index (κ1) is 12.6. The second-order valence-electron chi connectivity index (χ2n) is 3.65. The monoisotopic (exact) mass is 350 g/mol. The first-order chi connectivity index (χ1) is 8.27. The first-order valence-electron chi connectivity index (χ1n) is 5.38. The Labute approximate surface area is 119 Å². The molecule has 0 amide bonds. The van der Waals surface area contributed by atoms with E-state index < -0.39 is 0 Å². The van der Waals surface area contributed by atoms with Crippen LogP contribution in [0.1, 0.15) is 11.1 Å². The number of halogens is 2. The quantitative estimate of drug-likeness (QED) is 0.664. The zero-order valence-electron chi connectivity index (χ0n) is 9.18. The van der Waals surface area contributed by atoms with E-state index in [1.807, 2.05) is 12.1 Å². The molecule has 0 saturated carbocycles. The van der Waals surface area contributed by atoms with Crippen molar-refractivity contribution in [1.82, 2.24) is 0 Å². The molecule has 0 aliphatic rings. The van der Waals surface area contributed by atoms with Crippen molar-refractivity contribution in [1.29, 1.82) is 0 Å². The normalized spacial score (nSPS) is 10.3. The van der Waals surface area contributed by atoms with Crippen molar-refractivity contribution in [3.05, 3.63) is 77.9 Å². The highest BCUT2D eigenvalue weighted by Gasteiger charge is 2.05. The highest BCUT2D eigenvalue weighted by Crippen LogP contribution is 2.26. The highest BCUT2D eigenvalue weighted by molar-refractivity contribution is 9.24. The van der Waals surface area contributed by atoms with Gasteiger partial charge in [0.05, 0.1) is 3.74 Å². The van der Waals surface area contributed by atoms with E-state index in [4.69, 9.17) is 0 Å². The van der Waals surface area contributed by atoms with E-state index in [0.29, 0.717) is 0 Å². The van der Waals surface area contributed by atoms with E-state index in [1.54, 1.807) is 0 Å². The minimum absolute atomic E-state index is 0.172. The summed E-state index contributed by atoms with van der Waals surface area (Å²) in [6.45, 7) is 0. The van der Waals surface area contributed by atoms with Gasteiger partial charge in [0.25, 0.3) is 0 Å². The van der Waals surface area contributed by atoms with Crippen molar-refractivity contribution in [2.75, 3.05) is 0 Å². The summed E-state index contributed by atoms with van der Waals surface area (Å²) in [5.41, 5.74) is 3.68. The maximum Gasteiger partial charge on any atom is 0.0886 e. The Bertz CT molecular complexity index is 445. The molecule has 0 unspecified atom stereocenters. The Morgan fingerprint density at radius 3 is 1.53 bits per heavy atom. The highest BCUT2D eigenvalue weighted by atomic mass is 79.9. The fourth-order valence-corrected chi connectivity index (χ4v) is 2.25. The van der Waals surface area contributed by atoms with Crippen LogP contribution < -0.4 is 0 Å². The van der Waals surface area contributed by atoms with Gasteiger partial charge in [0.15, 0.2) is 0 Å². The summed E-state index contributed by atoms with van der Waals surface area (Å²) in [5.74, 6) is 0. The van der Waals surface area contributed by atoms with Crippen molar-refractivity contribution in [2.24, 2.45) is 0 Å². The third kappa shape index (κ3) is 3.55. The number of hydrogen-bond acceptors (Lipinski definition) is 0. The molecule has 0 aliphatic carbocycles. The number of allylic oxidation sites excluding steroid dienone is 1. The molecule has 2 heteroatoms. The summed E-state index contributed by atoms with van der Waals surface area (Å²) in [7, 11) is 0. The van der Waals surface area contributed by atoms with Gasteiger partial charge in [0.2, 0.25) is 0 Å². The lowest BCUT2D eigenvalue weighted by atomic mass is 9.98. The average Bonchev–Trinajstić information content (AvgIpc) is 2.38. The van der Waals surface area contributed by atoms with Crippen LogP contribution in [0.3, 0.4) is 0 Å². The number of benzene rings is 2. The van der Waals surface area contributed by atoms with Crippen LogP contribution in [0.5, 0.6) is 0 Å². The van der Waals surface area contributed by atoms with E-state index in [9.17, 15) is 0 Å². The fourth-order valence-electron chi connectivity index (χ4n) is 1.72. The second-order valence-corrected chi connectivity index (χ2v) is 6.85. The van der Waals surface area contributed by atoms with Gasteiger partial charge in [-0.25, -0.2) is 0 Å². The van der Waals surface area contributed by atoms with Crippen LogP contribution in [0, 0.1) is 0 Å². The van der Waals surface area contributed by atoms with Crippen molar-refractivity contribution in [2.45, 2.75) is 3.74 Å². The minimum Gasteiger partial charge on any atom is -0.0718 e. The van der Waals surface area contributed by atoms with Gasteiger partial charge in [0, 0.05) is 0 Å². The molecule has 0 bridgehead atoms. The van der Waals surface area contributed by atoms with Crippen LogP contribution in [-0.2, 0) is 0 Å². The molecule has 2 aromatic rings. The zero-order chi connectivity index (χ0) is 12.1. The number of alkyl halides is 2. The number of hydrogen-bond donors (Lipinski definition) is 0. The largest absolute Gasteiger partial charge is 0.0886 e. The molecule has 2 aromatic carbocycles. The molecule has 17 heavy (non-hydrogen) atoms. The topological polar surface area (TPSA) is 0 Å². The molecule has 0 nitrogen and oxygen atoms in total. The molecular formula is C15H12Br2. The average molecular weight is 352 g/mol. The van der Waals surface area contributed by atoms with Crippen molar-refractivity contribution < 1.29 is 0 Å². The van der Waals surface area contributed by atoms with Crippen molar-refractivity contribution in [3.63, 3.8) is 0 Å². The fraction of sp³-hybridized carbons (Fsp3) is 0.0667. The summed E-state index contributed by atoms with van der Waals surface area (Å²) in [4.78, 5) is 0. The van der Waals surface area contributed by atoms with Crippen LogP contribution in [0.2, 0.25) is 0 Å². The van der Waals surface area contributed by atoms with E-state index >= 15 is 0 Å². The molecule has 0 aromatic heterocycles. The summed E-state index contributed by atoms with van der Waals surface area (Å²) >= 11 is 7.02. The molecule has 0 fully saturated rings. The molecule has 0 atom stereocenters. The van der Waals surface area contributed by atoms with Gasteiger partial charge in [-0.05, 0) is 16.7 Å². The molecule has 0 radical (unpaired) electrons. The lowest BCUT2D eigenvalue weighted by Gasteiger charge is -2.09. The molecule has 0 aliphatic heterocycles. The van der Waals surface area contributed by atoms with Crippen LogP contribution in [0.25, 0.3) is 5.57 Å². The molecule has 0 heterocycles. The predicted molar refractivity (Wildman–Crippen MR) is 81.6 cm³/mol. The summed E-state index contributed by atoms with van der Waals surface area (Å²) in [5, 5.41) is 0. The van der Waals surface area contributed by atoms with E-state index in [2.05, 4.69) is 86.5 Å². The van der Waals surface area contributed by atoms with Gasteiger partial charge in [-0.2, -0.15) is 0 Å². The van der Waals surface area contributed by atoms with Crippen LogP contribution in [0.4, 0.5) is 0 Å². The van der Waals surface area contributed by atoms with Gasteiger partial charge >= 0.3 is 0 Å². The smallest absolute Gasteiger partial charge is 0.0718 e. The van der Waals surface area contributed by atoms with Gasteiger partial charge in [-0.15, -0.1) is 0 Å².